The van der Waals surface area contributed by atoms with Crippen molar-refractivity contribution in [2.75, 3.05) is 26.2 Å². The minimum Gasteiger partial charge on any atom is -0.348 e. The Morgan fingerprint density at radius 3 is 2.72 bits per heavy atom. The fraction of sp³-hybridized carbons (Fsp3) is 0.611. The third-order valence-corrected chi connectivity index (χ3v) is 6.81. The van der Waals surface area contributed by atoms with Gasteiger partial charge in [-0.1, -0.05) is 6.92 Å². The van der Waals surface area contributed by atoms with Crippen molar-refractivity contribution < 1.29 is 4.79 Å². The first-order chi connectivity index (χ1) is 12.0. The lowest BCUT2D eigenvalue weighted by atomic mass is 9.78. The van der Waals surface area contributed by atoms with Crippen LogP contribution < -0.4 is 0 Å². The molecule has 4 heterocycles. The van der Waals surface area contributed by atoms with E-state index in [9.17, 15) is 4.79 Å². The Bertz CT molecular complexity index is 787. The number of carbonyl (C=O) groups excluding carboxylic acids is 1. The highest BCUT2D eigenvalue weighted by Gasteiger charge is 2.46. The van der Waals surface area contributed by atoms with E-state index in [-0.39, 0.29) is 11.4 Å². The standard InChI is InChI=1S/C18H25N5OS/c1-4-23-8-5-14-16(20-11-19-14)18(23)6-9-22(10-7-18)17(24)15-12(2)21-13(3)25-15/h11H,4-10H2,1-3H3,(H,19,20). The Hall–Kier alpha value is -1.73. The second kappa shape index (κ2) is 6.21. The number of fused-ring (bicyclic) bond motifs is 2. The Balaban J connectivity index is 1.57. The van der Waals surface area contributed by atoms with Gasteiger partial charge in [-0.05, 0) is 33.2 Å². The van der Waals surface area contributed by atoms with E-state index in [1.54, 1.807) is 0 Å². The normalized spacial score (nSPS) is 20.0. The van der Waals surface area contributed by atoms with E-state index in [4.69, 9.17) is 0 Å². The first kappa shape index (κ1) is 16.7. The van der Waals surface area contributed by atoms with Gasteiger partial charge in [-0.25, -0.2) is 9.97 Å². The van der Waals surface area contributed by atoms with Gasteiger partial charge in [0, 0.05) is 31.7 Å². The average molecular weight is 359 g/mol. The van der Waals surface area contributed by atoms with Gasteiger partial charge >= 0.3 is 0 Å². The molecule has 4 rings (SSSR count). The molecule has 2 aromatic heterocycles. The number of aromatic nitrogens is 3. The zero-order valence-corrected chi connectivity index (χ0v) is 15.9. The van der Waals surface area contributed by atoms with Gasteiger partial charge in [-0.3, -0.25) is 9.69 Å². The van der Waals surface area contributed by atoms with E-state index in [0.29, 0.717) is 0 Å². The third kappa shape index (κ3) is 2.60. The molecule has 6 nitrogen and oxygen atoms in total. The van der Waals surface area contributed by atoms with Gasteiger partial charge in [-0.2, -0.15) is 0 Å². The van der Waals surface area contributed by atoms with Crippen LogP contribution in [0.5, 0.6) is 0 Å². The number of aromatic amines is 1. The van der Waals surface area contributed by atoms with Gasteiger partial charge in [0.15, 0.2) is 0 Å². The van der Waals surface area contributed by atoms with Crippen LogP contribution in [0.3, 0.4) is 0 Å². The second-order valence-electron chi connectivity index (χ2n) is 7.03. The van der Waals surface area contributed by atoms with Gasteiger partial charge in [0.1, 0.15) is 4.88 Å². The highest BCUT2D eigenvalue weighted by atomic mass is 32.1. The summed E-state index contributed by atoms with van der Waals surface area (Å²) in [5.41, 5.74) is 3.32. The summed E-state index contributed by atoms with van der Waals surface area (Å²) >= 11 is 1.51. The van der Waals surface area contributed by atoms with Gasteiger partial charge in [-0.15, -0.1) is 11.3 Å². The number of rotatable bonds is 2. The molecule has 0 bridgehead atoms. The lowest BCUT2D eigenvalue weighted by Gasteiger charge is -2.50. The van der Waals surface area contributed by atoms with E-state index < -0.39 is 0 Å². The van der Waals surface area contributed by atoms with Crippen molar-refractivity contribution in [3.8, 4) is 0 Å². The van der Waals surface area contributed by atoms with Crippen LogP contribution in [0, 0.1) is 13.8 Å². The Morgan fingerprint density at radius 2 is 2.08 bits per heavy atom. The molecule has 0 saturated carbocycles. The number of thiazole rings is 1. The number of aryl methyl sites for hydroxylation is 2. The van der Waals surface area contributed by atoms with Crippen molar-refractivity contribution in [3.05, 3.63) is 33.3 Å². The van der Waals surface area contributed by atoms with Crippen LogP contribution >= 0.6 is 11.3 Å². The maximum Gasteiger partial charge on any atom is 0.265 e. The molecule has 1 amide bonds. The fourth-order valence-corrected chi connectivity index (χ4v) is 5.38. The topological polar surface area (TPSA) is 65.1 Å². The monoisotopic (exact) mass is 359 g/mol. The quantitative estimate of drug-likeness (QED) is 0.895. The maximum absolute atomic E-state index is 12.9. The number of imidazole rings is 1. The number of nitrogens with zero attached hydrogens (tertiary/aromatic N) is 4. The first-order valence-electron chi connectivity index (χ1n) is 9.06. The second-order valence-corrected chi connectivity index (χ2v) is 8.23. The number of amides is 1. The molecule has 1 N–H and O–H groups in total. The largest absolute Gasteiger partial charge is 0.348 e. The van der Waals surface area contributed by atoms with E-state index in [2.05, 4.69) is 26.8 Å². The number of H-pyrrole nitrogens is 1. The summed E-state index contributed by atoms with van der Waals surface area (Å²) < 4.78 is 0. The van der Waals surface area contributed by atoms with Crippen molar-refractivity contribution in [2.24, 2.45) is 0 Å². The van der Waals surface area contributed by atoms with Crippen LogP contribution in [0.2, 0.25) is 0 Å². The summed E-state index contributed by atoms with van der Waals surface area (Å²) in [5, 5.41) is 0.958. The molecule has 25 heavy (non-hydrogen) atoms. The maximum atomic E-state index is 12.9. The fourth-order valence-electron chi connectivity index (χ4n) is 4.49. The molecule has 1 fully saturated rings. The highest BCUT2D eigenvalue weighted by Crippen LogP contribution is 2.42. The summed E-state index contributed by atoms with van der Waals surface area (Å²) in [6, 6.07) is 0. The Labute approximate surface area is 152 Å². The van der Waals surface area contributed by atoms with Crippen LogP contribution in [0.25, 0.3) is 0 Å². The summed E-state index contributed by atoms with van der Waals surface area (Å²) in [6.07, 6.45) is 4.75. The van der Waals surface area contributed by atoms with E-state index in [1.165, 1.54) is 22.7 Å². The number of piperidine rings is 1. The van der Waals surface area contributed by atoms with Crippen LogP contribution in [0.1, 0.15) is 51.5 Å². The Kier molecular flexibility index (Phi) is 4.16. The number of carbonyl (C=O) groups is 1. The molecule has 2 aliphatic rings. The van der Waals surface area contributed by atoms with Crippen molar-refractivity contribution in [2.45, 2.75) is 45.6 Å². The van der Waals surface area contributed by atoms with Crippen molar-refractivity contribution in [1.82, 2.24) is 24.8 Å². The van der Waals surface area contributed by atoms with Crippen molar-refractivity contribution >= 4 is 17.2 Å². The minimum absolute atomic E-state index is 0.0161. The van der Waals surface area contributed by atoms with Crippen LogP contribution in [-0.4, -0.2) is 56.8 Å². The van der Waals surface area contributed by atoms with Crippen LogP contribution in [-0.2, 0) is 12.0 Å². The van der Waals surface area contributed by atoms with Gasteiger partial charge < -0.3 is 9.88 Å². The molecule has 134 valence electrons. The predicted molar refractivity (Wildman–Crippen MR) is 97.9 cm³/mol. The molecule has 0 aromatic carbocycles. The van der Waals surface area contributed by atoms with Crippen LogP contribution in [0.15, 0.2) is 6.33 Å². The van der Waals surface area contributed by atoms with Crippen molar-refractivity contribution in [1.29, 1.82) is 0 Å². The number of hydrogen-bond acceptors (Lipinski definition) is 5. The molecule has 2 aromatic rings. The van der Waals surface area contributed by atoms with Crippen LogP contribution in [0.4, 0.5) is 0 Å². The molecule has 7 heteroatoms. The molecule has 0 atom stereocenters. The van der Waals surface area contributed by atoms with Gasteiger partial charge in [0.05, 0.1) is 28.3 Å². The lowest BCUT2D eigenvalue weighted by Crippen LogP contribution is -2.57. The third-order valence-electron chi connectivity index (χ3n) is 5.75. The predicted octanol–water partition coefficient (Wildman–Crippen LogP) is 2.49. The van der Waals surface area contributed by atoms with E-state index >= 15 is 0 Å². The average Bonchev–Trinajstić information content (AvgIpc) is 3.22. The molecular formula is C18H25N5OS. The number of nitrogens with one attached hydrogen (secondary N) is 1. The minimum atomic E-state index is -0.0161. The van der Waals surface area contributed by atoms with Gasteiger partial charge in [0.2, 0.25) is 0 Å². The summed E-state index contributed by atoms with van der Waals surface area (Å²) in [4.78, 5) is 30.7. The summed E-state index contributed by atoms with van der Waals surface area (Å²) in [6.45, 7) is 9.74. The molecule has 1 saturated heterocycles. The molecule has 0 radical (unpaired) electrons. The highest BCUT2D eigenvalue weighted by molar-refractivity contribution is 7.13. The molecule has 0 aliphatic carbocycles. The smallest absolute Gasteiger partial charge is 0.265 e. The van der Waals surface area contributed by atoms with Gasteiger partial charge in [0.25, 0.3) is 5.91 Å². The summed E-state index contributed by atoms with van der Waals surface area (Å²) in [5.74, 6) is 0.138. The van der Waals surface area contributed by atoms with E-state index in [1.807, 2.05) is 25.1 Å². The zero-order chi connectivity index (χ0) is 17.6. The lowest BCUT2D eigenvalue weighted by molar-refractivity contribution is 0.0104. The molecule has 1 spiro atoms. The number of hydrogen-bond donors (Lipinski definition) is 1. The number of likely N-dealkylation sites (tertiary alicyclic amines) is 1. The van der Waals surface area contributed by atoms with Crippen molar-refractivity contribution in [3.63, 3.8) is 0 Å². The molecule has 2 aliphatic heterocycles. The van der Waals surface area contributed by atoms with E-state index in [0.717, 1.165) is 61.0 Å². The zero-order valence-electron chi connectivity index (χ0n) is 15.1. The molecular weight excluding hydrogens is 334 g/mol. The first-order valence-corrected chi connectivity index (χ1v) is 9.88. The summed E-state index contributed by atoms with van der Waals surface area (Å²) in [7, 11) is 0. The number of likely N-dealkylation sites (N-methyl/N-ethyl adjacent to an activating group) is 1. The molecule has 0 unspecified atom stereocenters. The SMILES string of the molecule is CCN1CCc2[nH]cnc2C12CCN(C(=O)c1sc(C)nc1C)CC2. The Morgan fingerprint density at radius 1 is 1.32 bits per heavy atom.